The molecule has 1 aromatic carbocycles. The minimum absolute atomic E-state index is 0.0735. The maximum atomic E-state index is 13.6. The van der Waals surface area contributed by atoms with Crippen LogP contribution in [0.25, 0.3) is 0 Å². The average molecular weight is 463 g/mol. The van der Waals surface area contributed by atoms with E-state index in [2.05, 4.69) is 34.6 Å². The van der Waals surface area contributed by atoms with Crippen molar-refractivity contribution < 1.29 is 8.63 Å². The molecule has 31 heavy (non-hydrogen) atoms. The molecule has 1 aromatic rings. The van der Waals surface area contributed by atoms with E-state index < -0.39 is 19.1 Å². The van der Waals surface area contributed by atoms with Gasteiger partial charge in [-0.15, -0.1) is 0 Å². The van der Waals surface area contributed by atoms with Crippen molar-refractivity contribution in [1.29, 1.82) is 0 Å². The van der Waals surface area contributed by atoms with Crippen molar-refractivity contribution in [1.82, 2.24) is 0 Å². The Labute approximate surface area is 196 Å². The summed E-state index contributed by atoms with van der Waals surface area (Å²) in [5, 5.41) is 0. The fourth-order valence-electron chi connectivity index (χ4n) is 3.97. The van der Waals surface area contributed by atoms with E-state index in [0.29, 0.717) is 0 Å². The van der Waals surface area contributed by atoms with E-state index in [-0.39, 0.29) is 6.10 Å². The Morgan fingerprint density at radius 1 is 0.968 bits per heavy atom. The first-order valence-electron chi connectivity index (χ1n) is 12.5. The zero-order chi connectivity index (χ0) is 23.1. The molecule has 0 unspecified atom stereocenters. The summed E-state index contributed by atoms with van der Waals surface area (Å²) in [5.74, 6) is 0. The van der Waals surface area contributed by atoms with Gasteiger partial charge < -0.3 is 4.43 Å². The zero-order valence-corrected chi connectivity index (χ0v) is 22.7. The lowest BCUT2D eigenvalue weighted by atomic mass is 10.2. The second-order valence-electron chi connectivity index (χ2n) is 8.69. The van der Waals surface area contributed by atoms with Crippen LogP contribution in [0.3, 0.4) is 0 Å². The van der Waals surface area contributed by atoms with Crippen LogP contribution in [-0.2, 0) is 15.2 Å². The highest BCUT2D eigenvalue weighted by atomic mass is 32.2. The third-order valence-corrected chi connectivity index (χ3v) is 12.0. The predicted molar refractivity (Wildman–Crippen MR) is 141 cm³/mol. The summed E-state index contributed by atoms with van der Waals surface area (Å²) in [4.78, 5) is 1.79. The molecule has 0 fully saturated rings. The van der Waals surface area contributed by atoms with E-state index in [1.807, 2.05) is 49.4 Å². The Balaban J connectivity index is 3.30. The van der Waals surface area contributed by atoms with Gasteiger partial charge >= 0.3 is 0 Å². The SMILES string of the molecule is C/C=C/C=C(\[C@H](CC)O[Si](CCCC)(CCCC)CCCC)[S@@](=O)c1ccc(C)cc1. The van der Waals surface area contributed by atoms with Gasteiger partial charge in [0.05, 0.1) is 16.9 Å². The Morgan fingerprint density at radius 2 is 1.48 bits per heavy atom. The van der Waals surface area contributed by atoms with Gasteiger partial charge in [0.1, 0.15) is 0 Å². The highest BCUT2D eigenvalue weighted by Crippen LogP contribution is 2.34. The number of allylic oxidation sites excluding steroid dienone is 3. The van der Waals surface area contributed by atoms with Gasteiger partial charge in [0.15, 0.2) is 8.32 Å². The van der Waals surface area contributed by atoms with Crippen LogP contribution in [0, 0.1) is 6.92 Å². The van der Waals surface area contributed by atoms with E-state index in [1.165, 1.54) is 62.2 Å². The van der Waals surface area contributed by atoms with Crippen LogP contribution in [0.15, 0.2) is 52.3 Å². The van der Waals surface area contributed by atoms with Crippen molar-refractivity contribution in [2.45, 2.75) is 116 Å². The number of hydrogen-bond donors (Lipinski definition) is 0. The largest absolute Gasteiger partial charge is 0.409 e. The van der Waals surface area contributed by atoms with Gasteiger partial charge in [0.2, 0.25) is 0 Å². The summed E-state index contributed by atoms with van der Waals surface area (Å²) in [6.45, 7) is 13.1. The molecule has 4 heteroatoms. The molecule has 2 atom stereocenters. The van der Waals surface area contributed by atoms with Crippen molar-refractivity contribution in [2.24, 2.45) is 0 Å². The van der Waals surface area contributed by atoms with Crippen molar-refractivity contribution in [3.8, 4) is 0 Å². The van der Waals surface area contributed by atoms with Gasteiger partial charge in [-0.3, -0.25) is 0 Å². The summed E-state index contributed by atoms with van der Waals surface area (Å²) in [7, 11) is -3.11. The lowest BCUT2D eigenvalue weighted by Gasteiger charge is -2.36. The van der Waals surface area contributed by atoms with E-state index in [1.54, 1.807) is 0 Å². The van der Waals surface area contributed by atoms with Crippen LogP contribution in [-0.4, -0.2) is 18.6 Å². The third-order valence-electron chi connectivity index (χ3n) is 5.94. The zero-order valence-electron chi connectivity index (χ0n) is 20.9. The minimum atomic E-state index is -1.90. The molecule has 0 saturated heterocycles. The summed E-state index contributed by atoms with van der Waals surface area (Å²) >= 11 is 0. The molecule has 0 spiro atoms. The highest BCUT2D eigenvalue weighted by Gasteiger charge is 2.37. The van der Waals surface area contributed by atoms with E-state index in [9.17, 15) is 4.21 Å². The Hall–Kier alpha value is -0.973. The van der Waals surface area contributed by atoms with Crippen molar-refractivity contribution >= 4 is 19.1 Å². The average Bonchev–Trinajstić information content (AvgIpc) is 2.79. The molecule has 176 valence electrons. The van der Waals surface area contributed by atoms with Crippen LogP contribution in [0.1, 0.15) is 85.1 Å². The molecule has 0 radical (unpaired) electrons. The summed E-state index contributed by atoms with van der Waals surface area (Å²) < 4.78 is 20.8. The molecule has 0 aliphatic carbocycles. The third kappa shape index (κ3) is 9.59. The minimum Gasteiger partial charge on any atom is -0.409 e. The van der Waals surface area contributed by atoms with Gasteiger partial charge in [-0.2, -0.15) is 0 Å². The number of unbranched alkanes of at least 4 members (excludes halogenated alkanes) is 3. The van der Waals surface area contributed by atoms with Gasteiger partial charge in [-0.1, -0.05) is 96.1 Å². The number of hydrogen-bond acceptors (Lipinski definition) is 2. The number of benzene rings is 1. The molecular weight excluding hydrogens is 416 g/mol. The number of rotatable bonds is 16. The summed E-state index contributed by atoms with van der Waals surface area (Å²) in [5.41, 5.74) is 1.19. The molecule has 0 bridgehead atoms. The van der Waals surface area contributed by atoms with Crippen LogP contribution in [0.2, 0.25) is 18.1 Å². The van der Waals surface area contributed by atoms with Gasteiger partial charge in [0.25, 0.3) is 0 Å². The van der Waals surface area contributed by atoms with Crippen molar-refractivity contribution in [3.05, 3.63) is 53.0 Å². The fourth-order valence-corrected chi connectivity index (χ4v) is 10.4. The van der Waals surface area contributed by atoms with Crippen molar-refractivity contribution in [3.63, 3.8) is 0 Å². The maximum absolute atomic E-state index is 13.6. The first-order chi connectivity index (χ1) is 15.0. The Morgan fingerprint density at radius 3 is 1.90 bits per heavy atom. The summed E-state index contributed by atoms with van der Waals surface area (Å²) in [6.07, 6.45) is 14.2. The molecule has 0 aromatic heterocycles. The fraction of sp³-hybridized carbons (Fsp3) is 0.630. The van der Waals surface area contributed by atoms with Crippen LogP contribution < -0.4 is 0 Å². The predicted octanol–water partition coefficient (Wildman–Crippen LogP) is 8.70. The molecule has 0 N–H and O–H groups in total. The Kier molecular flexibility index (Phi) is 14.3. The van der Waals surface area contributed by atoms with Gasteiger partial charge in [-0.25, -0.2) is 4.21 Å². The standard InChI is InChI=1S/C27H46O2SSi/c1-7-12-16-27(30(28)25-19-17-24(6)18-20-25)26(11-5)29-31(21-13-8-2,22-14-9-3)23-15-10-4/h7,12,16-20,26H,8-11,13-15,21-23H2,1-6H3/b12-7+,27-16+/t26-,30-/m0/s1. The molecule has 0 aliphatic rings. The van der Waals surface area contributed by atoms with Gasteiger partial charge in [-0.05, 0) is 56.6 Å². The van der Waals surface area contributed by atoms with E-state index in [4.69, 9.17) is 4.43 Å². The highest BCUT2D eigenvalue weighted by molar-refractivity contribution is 7.89. The van der Waals surface area contributed by atoms with Crippen LogP contribution in [0.5, 0.6) is 0 Å². The molecule has 2 nitrogen and oxygen atoms in total. The first kappa shape index (κ1) is 28.1. The van der Waals surface area contributed by atoms with Crippen LogP contribution >= 0.6 is 0 Å². The molecule has 1 rings (SSSR count). The molecule has 0 heterocycles. The van der Waals surface area contributed by atoms with E-state index in [0.717, 1.165) is 16.2 Å². The van der Waals surface area contributed by atoms with Crippen LogP contribution in [0.4, 0.5) is 0 Å². The lowest BCUT2D eigenvalue weighted by Crippen LogP contribution is -2.42. The van der Waals surface area contributed by atoms with Gasteiger partial charge in [0, 0.05) is 9.80 Å². The first-order valence-corrected chi connectivity index (χ1v) is 16.1. The molecular formula is C27H46O2SSi. The molecule has 0 amide bonds. The topological polar surface area (TPSA) is 26.3 Å². The summed E-state index contributed by atoms with van der Waals surface area (Å²) in [6, 6.07) is 11.8. The molecule has 0 saturated carbocycles. The monoisotopic (exact) mass is 462 g/mol. The lowest BCUT2D eigenvalue weighted by molar-refractivity contribution is 0.220. The number of aryl methyl sites for hydroxylation is 1. The Bertz CT molecular complexity index is 672. The van der Waals surface area contributed by atoms with E-state index >= 15 is 0 Å². The normalized spacial score (nSPS) is 14.8. The smallest absolute Gasteiger partial charge is 0.193 e. The second-order valence-corrected chi connectivity index (χ2v) is 14.3. The van der Waals surface area contributed by atoms with Crippen molar-refractivity contribution in [2.75, 3.05) is 0 Å². The second kappa shape index (κ2) is 15.8. The quantitative estimate of drug-likeness (QED) is 0.181. The maximum Gasteiger partial charge on any atom is 0.193 e. The molecule has 0 aliphatic heterocycles.